The second kappa shape index (κ2) is 38.0. The number of urea groups is 1. The molecule has 3 aliphatic rings. The van der Waals surface area contributed by atoms with E-state index < -0.39 is 109 Å². The first-order chi connectivity index (χ1) is 45.7. The van der Waals surface area contributed by atoms with Crippen molar-refractivity contribution in [1.82, 2.24) is 67.4 Å². The van der Waals surface area contributed by atoms with Crippen LogP contribution in [0.5, 0.6) is 0 Å². The van der Waals surface area contributed by atoms with Crippen molar-refractivity contribution >= 4 is 87.7 Å². The zero-order valence-corrected chi connectivity index (χ0v) is 54.5. The Morgan fingerprint density at radius 2 is 1.44 bits per heavy atom. The highest BCUT2D eigenvalue weighted by Gasteiger charge is 2.43. The number of hydrogen-bond acceptors (Lipinski definition) is 18. The molecule has 5 heterocycles. The Morgan fingerprint density at radius 3 is 2.20 bits per heavy atom. The van der Waals surface area contributed by atoms with Crippen molar-refractivity contribution in [2.45, 2.75) is 151 Å². The van der Waals surface area contributed by atoms with E-state index in [0.29, 0.717) is 42.2 Å². The van der Waals surface area contributed by atoms with Gasteiger partial charge in [0.1, 0.15) is 36.8 Å². The summed E-state index contributed by atoms with van der Waals surface area (Å²) < 4.78 is 20.1. The average molecular weight is 1340 g/mol. The fourth-order valence-electron chi connectivity index (χ4n) is 11.4. The predicted molar refractivity (Wildman–Crippen MR) is 350 cm³/mol. The Morgan fingerprint density at radius 1 is 0.726 bits per heavy atom. The number of rotatable bonds is 27. The third-order valence-corrected chi connectivity index (χ3v) is 18.0. The number of carbonyl (C=O) groups is 10. The summed E-state index contributed by atoms with van der Waals surface area (Å²) in [7, 11) is 1.82. The minimum Gasteiger partial charge on any atom is -0.394 e. The highest BCUT2D eigenvalue weighted by atomic mass is 32.2. The number of ketones is 1. The number of aliphatic hydroxyl groups is 1. The van der Waals surface area contributed by atoms with Crippen molar-refractivity contribution in [3.05, 3.63) is 83.8 Å². The Bertz CT molecular complexity index is 3270. The van der Waals surface area contributed by atoms with E-state index in [0.717, 1.165) is 35.9 Å². The Balaban J connectivity index is 0.995. The number of primary amides is 1. The van der Waals surface area contributed by atoms with Crippen LogP contribution >= 0.6 is 11.8 Å². The number of benzene rings is 2. The zero-order chi connectivity index (χ0) is 68.2. The molecule has 31 nitrogen and oxygen atoms in total. The van der Waals surface area contributed by atoms with Gasteiger partial charge in [0.25, 0.3) is 0 Å². The van der Waals surface area contributed by atoms with Crippen LogP contribution in [0.1, 0.15) is 88.0 Å². The lowest BCUT2D eigenvalue weighted by Crippen LogP contribution is -2.58. The summed E-state index contributed by atoms with van der Waals surface area (Å²) in [6.45, 7) is 1.47. The van der Waals surface area contributed by atoms with Crippen LogP contribution in [0.15, 0.2) is 72.0 Å². The van der Waals surface area contributed by atoms with Crippen LogP contribution in [-0.2, 0) is 90.2 Å². The number of nitrogens with two attached hydrogens (primary N) is 3. The number of unbranched alkanes of at least 4 members (excludes halogenated alkanes) is 1. The number of Topliss-reactive ketones (excluding diaryl/α,β-unsaturated/α-hetero) is 1. The molecule has 16 N–H and O–H groups in total. The van der Waals surface area contributed by atoms with Gasteiger partial charge in [0.2, 0.25) is 47.3 Å². The van der Waals surface area contributed by atoms with E-state index >= 15 is 0 Å². The molecule has 32 heteroatoms. The molecule has 2 aromatic heterocycles. The van der Waals surface area contributed by atoms with Crippen LogP contribution in [0, 0.1) is 5.92 Å². The molecule has 10 amide bonds. The number of thioether (sulfide) groups is 1. The second-order valence-corrected chi connectivity index (χ2v) is 25.1. The van der Waals surface area contributed by atoms with Gasteiger partial charge in [-0.15, -0.1) is 5.10 Å². The lowest BCUT2D eigenvalue weighted by atomic mass is 9.89. The van der Waals surface area contributed by atoms with Gasteiger partial charge < -0.3 is 88.9 Å². The zero-order valence-electron chi connectivity index (χ0n) is 53.7. The molecular formula is C63H91N17O14S. The molecule has 2 aromatic carbocycles. The summed E-state index contributed by atoms with van der Waals surface area (Å²) >= 11 is 1.85. The third-order valence-electron chi connectivity index (χ3n) is 16.5. The number of para-hydroxylation sites is 1. The molecule has 2 saturated heterocycles. The number of ether oxygens (including phenoxy) is 3. The van der Waals surface area contributed by atoms with Crippen LogP contribution < -0.4 is 65.1 Å². The summed E-state index contributed by atoms with van der Waals surface area (Å²) in [6, 6.07) is 8.23. The van der Waals surface area contributed by atoms with Crippen molar-refractivity contribution in [3.63, 3.8) is 0 Å². The molecule has 4 aromatic rings. The van der Waals surface area contributed by atoms with Gasteiger partial charge in [0.05, 0.1) is 63.5 Å². The molecule has 518 valence electrons. The van der Waals surface area contributed by atoms with E-state index in [2.05, 4.69) is 63.2 Å². The number of nitrogens with one attached hydrogen (secondary N) is 9. The summed E-state index contributed by atoms with van der Waals surface area (Å²) in [6.07, 6.45) is 6.40. The molecule has 0 aliphatic carbocycles. The van der Waals surface area contributed by atoms with Gasteiger partial charge in [-0.1, -0.05) is 60.2 Å². The molecule has 2 bridgehead atoms. The van der Waals surface area contributed by atoms with Crippen molar-refractivity contribution < 1.29 is 67.3 Å². The number of nitrogens with zero attached hydrogens (tertiary/aromatic N) is 5. The van der Waals surface area contributed by atoms with E-state index in [-0.39, 0.29) is 120 Å². The largest absolute Gasteiger partial charge is 0.394 e. The topological polar surface area (TPSA) is 453 Å². The predicted octanol–water partition coefficient (Wildman–Crippen LogP) is -2.09. The van der Waals surface area contributed by atoms with Crippen molar-refractivity contribution in [2.24, 2.45) is 35.2 Å². The van der Waals surface area contributed by atoms with Crippen LogP contribution in [0.25, 0.3) is 10.9 Å². The molecule has 0 spiro atoms. The van der Waals surface area contributed by atoms with Gasteiger partial charge >= 0.3 is 6.03 Å². The number of aryl methyl sites for hydroxylation is 2. The van der Waals surface area contributed by atoms with Gasteiger partial charge in [-0.3, -0.25) is 52.8 Å². The molecule has 10 atom stereocenters. The number of aliphatic hydroxyl groups excluding tert-OH is 1. The standard InChI is InChI=1S/C63H91N17O14S/c1-38-57(86)71-44(17-12-21-68-62(65)66)51(82)31-40(29-39-13-4-3-5-14-39)58(87)73-46(30-41-33-79(2)50-18-7-6-15-43(41)50)60(89)74-48(35-81)61(90)72-45(56(64)85)16-10-11-23-80-34-42(77-78-80)32-47(59(88)69-38)70-54(84)36-94-28-27-93-26-25-92-24-22-67-53(83)20-9-8-19-52-55-49(37-95-52)75-63(91)76-55/h3-7,13-15,18,33-34,38,40,44-49,52,55,81H,8-12,16-17,19-32,35-37H2,1-2H3,(H2,64,85)(H,67,83)(H,69,88)(H,70,84)(H,71,86)(H,72,90)(H,73,87)(H,74,89)(H4,65,66,68)(H2,75,76,91)/t38-,40+,44-,45+,46+,47+,48-,49+,52?,55+/m1/s1. The van der Waals surface area contributed by atoms with Crippen LogP contribution in [0.2, 0.25) is 0 Å². The Kier molecular flexibility index (Phi) is 29.5. The minimum atomic E-state index is -1.61. The SMILES string of the molecule is C[C@H]1NC(=O)[C@@H](NC(=O)COCCOCCOCCNC(=O)CCCCC2SC[C@@H]3NC(=O)N[C@H]23)Cc2cn(nn2)CCCC[C@@H](C(N)=O)NC(=O)[C@@H](CO)NC(=O)[C@H](Cc2cn(C)c3ccccc23)NC(=O)[C@@H](Cc2ccccc2)CC(=O)[C@@H](CCCN=C(N)N)NC1=O. The summed E-state index contributed by atoms with van der Waals surface area (Å²) in [4.78, 5) is 141. The second-order valence-electron chi connectivity index (χ2n) is 23.8. The van der Waals surface area contributed by atoms with Crippen LogP contribution in [0.4, 0.5) is 4.79 Å². The van der Waals surface area contributed by atoms with E-state index in [1.165, 1.54) is 11.6 Å². The van der Waals surface area contributed by atoms with Crippen molar-refractivity contribution in [2.75, 3.05) is 65.1 Å². The maximum atomic E-state index is 14.9. The molecule has 0 radical (unpaired) electrons. The maximum Gasteiger partial charge on any atom is 0.315 e. The third kappa shape index (κ3) is 23.9. The molecule has 0 saturated carbocycles. The van der Waals surface area contributed by atoms with Gasteiger partial charge in [-0.05, 0) is 75.5 Å². The lowest BCUT2D eigenvalue weighted by Gasteiger charge is -2.26. The lowest BCUT2D eigenvalue weighted by molar-refractivity contribution is -0.136. The summed E-state index contributed by atoms with van der Waals surface area (Å²) in [5, 5.41) is 44.8. The highest BCUT2D eigenvalue weighted by Crippen LogP contribution is 2.33. The first-order valence-electron chi connectivity index (χ1n) is 32.2. The number of aliphatic imine (C=N–C) groups is 1. The average Bonchev–Trinajstić information content (AvgIpc) is 1.70. The Hall–Kier alpha value is -8.72. The summed E-state index contributed by atoms with van der Waals surface area (Å²) in [5.41, 5.74) is 19.4. The van der Waals surface area contributed by atoms with E-state index in [1.807, 2.05) is 47.6 Å². The molecule has 1 unspecified atom stereocenters. The molecular weight excluding hydrogens is 1250 g/mol. The van der Waals surface area contributed by atoms with E-state index in [4.69, 9.17) is 31.4 Å². The monoisotopic (exact) mass is 1340 g/mol. The first kappa shape index (κ1) is 73.7. The molecule has 95 heavy (non-hydrogen) atoms. The van der Waals surface area contributed by atoms with E-state index in [1.54, 1.807) is 42.7 Å². The van der Waals surface area contributed by atoms with E-state index in [9.17, 15) is 53.1 Å². The summed E-state index contributed by atoms with van der Waals surface area (Å²) in [5.74, 6) is -6.83. The number of amides is 10. The quantitative estimate of drug-likeness (QED) is 0.0132. The van der Waals surface area contributed by atoms with Gasteiger partial charge in [0.15, 0.2) is 11.7 Å². The van der Waals surface area contributed by atoms with Gasteiger partial charge in [-0.25, -0.2) is 4.79 Å². The Labute approximate surface area is 554 Å². The number of aromatic nitrogens is 4. The molecule has 2 fully saturated rings. The normalized spacial score (nSPS) is 23.5. The first-order valence-corrected chi connectivity index (χ1v) is 33.2. The smallest absolute Gasteiger partial charge is 0.315 e. The number of hydrogen-bond donors (Lipinski definition) is 13. The van der Waals surface area contributed by atoms with Gasteiger partial charge in [-0.2, -0.15) is 11.8 Å². The minimum absolute atomic E-state index is 0.000612. The fraction of sp³-hybridized carbons (Fsp3) is 0.571. The van der Waals surface area contributed by atoms with Crippen molar-refractivity contribution in [3.8, 4) is 0 Å². The molecule has 3 aliphatic heterocycles. The van der Waals surface area contributed by atoms with Crippen LogP contribution in [0.3, 0.4) is 0 Å². The number of guanidine groups is 1. The highest BCUT2D eigenvalue weighted by molar-refractivity contribution is 8.00. The molecule has 7 rings (SSSR count). The van der Waals surface area contributed by atoms with Crippen LogP contribution in [-0.4, -0.2) is 208 Å². The number of fused-ring (bicyclic) bond motifs is 4. The fourth-order valence-corrected chi connectivity index (χ4v) is 13.0. The maximum absolute atomic E-state index is 14.9. The van der Waals surface area contributed by atoms with Crippen molar-refractivity contribution in [1.29, 1.82) is 0 Å². The van der Waals surface area contributed by atoms with Gasteiger partial charge in [0, 0.05) is 92.6 Å². The number of carbonyl (C=O) groups excluding carboxylic acids is 10.